The average Bonchev–Trinajstić information content (AvgIpc) is 3.14. The second-order valence-corrected chi connectivity index (χ2v) is 6.58. The fraction of sp³-hybridized carbons (Fsp3) is 0.136. The Labute approximate surface area is 172 Å². The molecule has 0 spiro atoms. The Balaban J connectivity index is 1.51. The van der Waals surface area contributed by atoms with E-state index in [0.29, 0.717) is 17.9 Å². The fourth-order valence-electron chi connectivity index (χ4n) is 3.10. The van der Waals surface area contributed by atoms with Crippen molar-refractivity contribution < 1.29 is 13.9 Å². The Morgan fingerprint density at radius 2 is 2.03 bits per heavy atom. The minimum Gasteiger partial charge on any atom is -0.497 e. The van der Waals surface area contributed by atoms with Crippen LogP contribution < -0.4 is 15.4 Å². The molecule has 7 nitrogen and oxygen atoms in total. The molecule has 0 aliphatic rings. The number of benzene rings is 2. The van der Waals surface area contributed by atoms with E-state index < -0.39 is 0 Å². The van der Waals surface area contributed by atoms with Crippen LogP contribution in [0, 0.1) is 5.82 Å². The van der Waals surface area contributed by atoms with E-state index in [1.807, 2.05) is 34.9 Å². The number of anilines is 2. The van der Waals surface area contributed by atoms with Gasteiger partial charge in [0.05, 0.1) is 13.3 Å². The largest absolute Gasteiger partial charge is 0.497 e. The first-order chi connectivity index (χ1) is 14.6. The highest BCUT2D eigenvalue weighted by atomic mass is 19.1. The molecule has 0 aliphatic heterocycles. The topological polar surface area (TPSA) is 80.6 Å². The molecule has 2 heterocycles. The van der Waals surface area contributed by atoms with Crippen molar-refractivity contribution in [1.82, 2.24) is 14.4 Å². The van der Waals surface area contributed by atoms with E-state index in [9.17, 15) is 9.18 Å². The normalized spacial score (nSPS) is 10.7. The van der Waals surface area contributed by atoms with Gasteiger partial charge in [-0.05, 0) is 36.4 Å². The lowest BCUT2D eigenvalue weighted by Gasteiger charge is -2.10. The van der Waals surface area contributed by atoms with Gasteiger partial charge in [-0.1, -0.05) is 12.1 Å². The van der Waals surface area contributed by atoms with Crippen molar-refractivity contribution in [3.63, 3.8) is 0 Å². The summed E-state index contributed by atoms with van der Waals surface area (Å²) in [5.74, 6) is 0.969. The predicted octanol–water partition coefficient (Wildman–Crippen LogP) is 3.98. The highest BCUT2D eigenvalue weighted by Crippen LogP contribution is 2.30. The standard InChI is InChI=1S/C22H20FN5O2/c1-30-18-4-2-3-15(13-18)21-22(28-12-11-24-14-19(28)27-21)25-10-9-20(29)26-17-7-5-16(23)6-8-17/h2-8,11-14,25H,9-10H2,1H3,(H,26,29). The molecule has 0 fully saturated rings. The monoisotopic (exact) mass is 405 g/mol. The quantitative estimate of drug-likeness (QED) is 0.486. The highest BCUT2D eigenvalue weighted by Gasteiger charge is 2.15. The summed E-state index contributed by atoms with van der Waals surface area (Å²) < 4.78 is 20.2. The first kappa shape index (κ1) is 19.4. The molecule has 0 saturated heterocycles. The number of carbonyl (C=O) groups is 1. The van der Waals surface area contributed by atoms with E-state index in [1.165, 1.54) is 24.3 Å². The van der Waals surface area contributed by atoms with Crippen LogP contribution in [-0.4, -0.2) is 33.9 Å². The van der Waals surface area contributed by atoms with Gasteiger partial charge in [-0.2, -0.15) is 0 Å². The molecule has 4 rings (SSSR count). The van der Waals surface area contributed by atoms with Gasteiger partial charge in [-0.3, -0.25) is 14.2 Å². The van der Waals surface area contributed by atoms with Gasteiger partial charge in [-0.15, -0.1) is 0 Å². The molecule has 4 aromatic rings. The molecular formula is C22H20FN5O2. The number of rotatable bonds is 7. The van der Waals surface area contributed by atoms with Gasteiger partial charge in [-0.25, -0.2) is 9.37 Å². The summed E-state index contributed by atoms with van der Waals surface area (Å²) in [5, 5.41) is 6.06. The van der Waals surface area contributed by atoms with Gasteiger partial charge in [0, 0.05) is 36.6 Å². The van der Waals surface area contributed by atoms with E-state index in [1.54, 1.807) is 19.5 Å². The summed E-state index contributed by atoms with van der Waals surface area (Å²) in [6.45, 7) is 0.389. The number of imidazole rings is 1. The first-order valence-electron chi connectivity index (χ1n) is 9.40. The van der Waals surface area contributed by atoms with Crippen molar-refractivity contribution in [3.05, 3.63) is 72.9 Å². The molecule has 0 atom stereocenters. The van der Waals surface area contributed by atoms with Crippen LogP contribution in [0.1, 0.15) is 6.42 Å². The minimum absolute atomic E-state index is 0.174. The van der Waals surface area contributed by atoms with Crippen LogP contribution in [-0.2, 0) is 4.79 Å². The number of nitrogens with one attached hydrogen (secondary N) is 2. The van der Waals surface area contributed by atoms with Crippen LogP contribution in [0.5, 0.6) is 5.75 Å². The molecule has 2 N–H and O–H groups in total. The number of nitrogens with zero attached hydrogens (tertiary/aromatic N) is 3. The Kier molecular flexibility index (Phi) is 5.56. The Morgan fingerprint density at radius 1 is 1.20 bits per heavy atom. The van der Waals surface area contributed by atoms with Gasteiger partial charge in [0.25, 0.3) is 0 Å². The SMILES string of the molecule is COc1cccc(-c2nc3cnccn3c2NCCC(=O)Nc2ccc(F)cc2)c1. The second-order valence-electron chi connectivity index (χ2n) is 6.58. The number of amides is 1. The number of fused-ring (bicyclic) bond motifs is 1. The van der Waals surface area contributed by atoms with Crippen LogP contribution >= 0.6 is 0 Å². The fourth-order valence-corrected chi connectivity index (χ4v) is 3.10. The van der Waals surface area contributed by atoms with Gasteiger partial charge in [0.15, 0.2) is 5.65 Å². The number of methoxy groups -OCH3 is 1. The molecule has 1 amide bonds. The third-order valence-corrected chi connectivity index (χ3v) is 4.55. The predicted molar refractivity (Wildman–Crippen MR) is 113 cm³/mol. The number of hydrogen-bond donors (Lipinski definition) is 2. The van der Waals surface area contributed by atoms with Crippen molar-refractivity contribution >= 4 is 23.1 Å². The lowest BCUT2D eigenvalue weighted by atomic mass is 10.1. The summed E-state index contributed by atoms with van der Waals surface area (Å²) in [6.07, 6.45) is 5.40. The van der Waals surface area contributed by atoms with E-state index in [0.717, 1.165) is 22.8 Å². The molecule has 0 unspecified atom stereocenters. The van der Waals surface area contributed by atoms with Crippen LogP contribution in [0.2, 0.25) is 0 Å². The van der Waals surface area contributed by atoms with Crippen molar-refractivity contribution in [2.75, 3.05) is 24.3 Å². The lowest BCUT2D eigenvalue weighted by molar-refractivity contribution is -0.115. The Bertz CT molecular complexity index is 1170. The van der Waals surface area contributed by atoms with Crippen molar-refractivity contribution in [2.24, 2.45) is 0 Å². The van der Waals surface area contributed by atoms with E-state index in [2.05, 4.69) is 20.6 Å². The van der Waals surface area contributed by atoms with E-state index in [-0.39, 0.29) is 18.1 Å². The van der Waals surface area contributed by atoms with E-state index >= 15 is 0 Å². The first-order valence-corrected chi connectivity index (χ1v) is 9.40. The average molecular weight is 405 g/mol. The smallest absolute Gasteiger partial charge is 0.226 e. The van der Waals surface area contributed by atoms with Gasteiger partial charge < -0.3 is 15.4 Å². The number of ether oxygens (including phenoxy) is 1. The third-order valence-electron chi connectivity index (χ3n) is 4.55. The second kappa shape index (κ2) is 8.60. The van der Waals surface area contributed by atoms with Crippen LogP contribution in [0.4, 0.5) is 15.9 Å². The maximum Gasteiger partial charge on any atom is 0.226 e. The van der Waals surface area contributed by atoms with Crippen LogP contribution in [0.3, 0.4) is 0 Å². The van der Waals surface area contributed by atoms with Gasteiger partial charge in [0.1, 0.15) is 23.1 Å². The maximum absolute atomic E-state index is 13.0. The zero-order valence-electron chi connectivity index (χ0n) is 16.3. The van der Waals surface area contributed by atoms with Crippen LogP contribution in [0.25, 0.3) is 16.9 Å². The highest BCUT2D eigenvalue weighted by molar-refractivity contribution is 5.91. The molecule has 30 heavy (non-hydrogen) atoms. The summed E-state index contributed by atoms with van der Waals surface area (Å²) >= 11 is 0. The lowest BCUT2D eigenvalue weighted by Crippen LogP contribution is -2.17. The molecule has 152 valence electrons. The Morgan fingerprint density at radius 3 is 2.83 bits per heavy atom. The van der Waals surface area contributed by atoms with Crippen molar-refractivity contribution in [3.8, 4) is 17.0 Å². The zero-order valence-corrected chi connectivity index (χ0v) is 16.3. The number of halogens is 1. The zero-order chi connectivity index (χ0) is 20.9. The van der Waals surface area contributed by atoms with E-state index in [4.69, 9.17) is 4.74 Å². The molecular weight excluding hydrogens is 385 g/mol. The molecule has 0 saturated carbocycles. The maximum atomic E-state index is 13.0. The molecule has 0 radical (unpaired) electrons. The Hall–Kier alpha value is -3.94. The molecule has 2 aromatic carbocycles. The molecule has 2 aromatic heterocycles. The minimum atomic E-state index is -0.346. The summed E-state index contributed by atoms with van der Waals surface area (Å²) in [5.41, 5.74) is 2.87. The third kappa shape index (κ3) is 4.22. The van der Waals surface area contributed by atoms with Crippen molar-refractivity contribution in [1.29, 1.82) is 0 Å². The number of aromatic nitrogens is 3. The molecule has 0 aliphatic carbocycles. The summed E-state index contributed by atoms with van der Waals surface area (Å²) in [7, 11) is 1.62. The number of hydrogen-bond acceptors (Lipinski definition) is 5. The molecule has 0 bridgehead atoms. The van der Waals surface area contributed by atoms with Gasteiger partial charge in [0.2, 0.25) is 5.91 Å². The van der Waals surface area contributed by atoms with Crippen LogP contribution in [0.15, 0.2) is 67.1 Å². The number of carbonyl (C=O) groups excluding carboxylic acids is 1. The summed E-state index contributed by atoms with van der Waals surface area (Å²) in [6, 6.07) is 13.3. The van der Waals surface area contributed by atoms with Crippen molar-refractivity contribution in [2.45, 2.75) is 6.42 Å². The summed E-state index contributed by atoms with van der Waals surface area (Å²) in [4.78, 5) is 21.0. The van der Waals surface area contributed by atoms with Gasteiger partial charge >= 0.3 is 0 Å². The molecule has 8 heteroatoms.